The van der Waals surface area contributed by atoms with Gasteiger partial charge < -0.3 is 0 Å². The van der Waals surface area contributed by atoms with Crippen molar-refractivity contribution in [3.05, 3.63) is 47.5 Å². The normalized spacial score (nSPS) is 19.5. The number of halogens is 3. The van der Waals surface area contributed by atoms with Crippen molar-refractivity contribution in [1.29, 1.82) is 0 Å². The van der Waals surface area contributed by atoms with Gasteiger partial charge in [0.25, 0.3) is 0 Å². The zero-order chi connectivity index (χ0) is 17.7. The van der Waals surface area contributed by atoms with Crippen LogP contribution in [0.3, 0.4) is 0 Å². The van der Waals surface area contributed by atoms with Gasteiger partial charge in [0.05, 0.1) is 5.41 Å². The number of aryl methyl sites for hydroxylation is 1. The third-order valence-corrected chi connectivity index (χ3v) is 4.49. The second-order valence-corrected chi connectivity index (χ2v) is 6.95. The van der Waals surface area contributed by atoms with Crippen molar-refractivity contribution in [3.8, 4) is 0 Å². The first-order valence-corrected chi connectivity index (χ1v) is 7.73. The van der Waals surface area contributed by atoms with E-state index in [0.29, 0.717) is 0 Å². The number of hydrazine groups is 1. The molecule has 0 spiro atoms. The maximum absolute atomic E-state index is 13.7. The summed E-state index contributed by atoms with van der Waals surface area (Å²) in [6.45, 7) is 5.15. The van der Waals surface area contributed by atoms with E-state index < -0.39 is 23.5 Å². The Kier molecular flexibility index (Phi) is 3.83. The lowest BCUT2D eigenvalue weighted by Crippen LogP contribution is -2.43. The second-order valence-electron chi connectivity index (χ2n) is 6.95. The monoisotopic (exact) mass is 336 g/mol. The van der Waals surface area contributed by atoms with E-state index in [1.165, 1.54) is 6.07 Å². The zero-order valence-corrected chi connectivity index (χ0v) is 13.7. The summed E-state index contributed by atoms with van der Waals surface area (Å²) < 4.78 is 41.2. The Hall–Kier alpha value is -2.08. The molecule has 1 N–H and O–H groups in total. The van der Waals surface area contributed by atoms with Gasteiger partial charge >= 0.3 is 6.18 Å². The van der Waals surface area contributed by atoms with Crippen molar-refractivity contribution in [2.75, 3.05) is 6.54 Å². The highest BCUT2D eigenvalue weighted by Crippen LogP contribution is 2.41. The summed E-state index contributed by atoms with van der Waals surface area (Å²) in [4.78, 5) is 11.9. The predicted molar refractivity (Wildman–Crippen MR) is 86.1 cm³/mol. The van der Waals surface area contributed by atoms with E-state index in [0.717, 1.165) is 21.3 Å². The third kappa shape index (κ3) is 2.86. The molecule has 0 saturated carbocycles. The fraction of sp³-hybridized carbons (Fsp3) is 0.389. The molecular weight excluding hydrogens is 317 g/mol. The predicted octanol–water partition coefficient (Wildman–Crippen LogP) is 4.12. The van der Waals surface area contributed by atoms with E-state index in [1.807, 2.05) is 25.1 Å². The Morgan fingerprint density at radius 2 is 1.92 bits per heavy atom. The van der Waals surface area contributed by atoms with Gasteiger partial charge in [-0.2, -0.15) is 13.2 Å². The molecule has 0 unspecified atom stereocenters. The summed E-state index contributed by atoms with van der Waals surface area (Å²) in [5, 5.41) is 2.68. The molecule has 0 aromatic heterocycles. The van der Waals surface area contributed by atoms with Crippen molar-refractivity contribution in [2.24, 2.45) is 5.41 Å². The highest BCUT2D eigenvalue weighted by atomic mass is 19.4. The lowest BCUT2D eigenvalue weighted by Gasteiger charge is -2.30. The minimum Gasteiger partial charge on any atom is -0.287 e. The van der Waals surface area contributed by atoms with E-state index in [4.69, 9.17) is 0 Å². The molecule has 0 aliphatic carbocycles. The molecule has 2 aromatic carbocycles. The number of carbonyl (C=O) groups excluding carboxylic acids is 1. The van der Waals surface area contributed by atoms with Crippen molar-refractivity contribution >= 4 is 16.7 Å². The van der Waals surface area contributed by atoms with Gasteiger partial charge in [-0.3, -0.25) is 10.2 Å². The number of alkyl halides is 3. The molecule has 1 saturated heterocycles. The van der Waals surface area contributed by atoms with Crippen LogP contribution in [0.4, 0.5) is 13.2 Å². The van der Waals surface area contributed by atoms with Crippen molar-refractivity contribution < 1.29 is 18.0 Å². The van der Waals surface area contributed by atoms with Crippen molar-refractivity contribution in [2.45, 2.75) is 33.0 Å². The summed E-state index contributed by atoms with van der Waals surface area (Å²) in [6.07, 6.45) is -4.50. The minimum atomic E-state index is -4.50. The molecule has 1 atom stereocenters. The first kappa shape index (κ1) is 16.8. The SMILES string of the molecule is Cc1cccc2ccc([C@H](N3CC(C)(C)C(=O)N3)C(F)(F)F)cc12. The van der Waals surface area contributed by atoms with Crippen LogP contribution in [0.5, 0.6) is 0 Å². The number of hydrogen-bond acceptors (Lipinski definition) is 2. The number of rotatable bonds is 2. The summed E-state index contributed by atoms with van der Waals surface area (Å²) in [6, 6.07) is 8.50. The van der Waals surface area contributed by atoms with Gasteiger partial charge in [0.1, 0.15) is 6.04 Å². The molecule has 2 aromatic rings. The highest BCUT2D eigenvalue weighted by Gasteiger charge is 2.51. The molecule has 3 rings (SSSR count). The second kappa shape index (κ2) is 5.48. The smallest absolute Gasteiger partial charge is 0.287 e. The van der Waals surface area contributed by atoms with Crippen molar-refractivity contribution in [1.82, 2.24) is 10.4 Å². The minimum absolute atomic E-state index is 0.00180. The van der Waals surface area contributed by atoms with Crippen molar-refractivity contribution in [3.63, 3.8) is 0 Å². The summed E-state index contributed by atoms with van der Waals surface area (Å²) in [5.41, 5.74) is 2.58. The van der Waals surface area contributed by atoms with Crippen LogP contribution in [0.1, 0.15) is 31.0 Å². The maximum atomic E-state index is 13.7. The van der Waals surface area contributed by atoms with Gasteiger partial charge in [-0.05, 0) is 48.7 Å². The van der Waals surface area contributed by atoms with Crippen LogP contribution < -0.4 is 5.43 Å². The first-order valence-electron chi connectivity index (χ1n) is 7.73. The fourth-order valence-corrected chi connectivity index (χ4v) is 3.14. The Balaban J connectivity index is 2.08. The average Bonchev–Trinajstić information content (AvgIpc) is 2.71. The van der Waals surface area contributed by atoms with Crippen LogP contribution in [0, 0.1) is 12.3 Å². The first-order chi connectivity index (χ1) is 11.1. The number of nitrogens with one attached hydrogen (secondary N) is 1. The van der Waals surface area contributed by atoms with Crippen LogP contribution in [0.15, 0.2) is 36.4 Å². The largest absolute Gasteiger partial charge is 0.409 e. The highest BCUT2D eigenvalue weighted by molar-refractivity contribution is 5.86. The molecule has 1 aliphatic heterocycles. The Bertz CT molecular complexity index is 798. The number of fused-ring (bicyclic) bond motifs is 1. The Morgan fingerprint density at radius 3 is 2.50 bits per heavy atom. The van der Waals surface area contributed by atoms with Gasteiger partial charge in [-0.15, -0.1) is 0 Å². The lowest BCUT2D eigenvalue weighted by molar-refractivity contribution is -0.191. The Labute approximate surface area is 138 Å². The molecule has 24 heavy (non-hydrogen) atoms. The van der Waals surface area contributed by atoms with E-state index in [1.54, 1.807) is 26.0 Å². The van der Waals surface area contributed by atoms with Gasteiger partial charge in [0, 0.05) is 6.54 Å². The number of amides is 1. The molecule has 1 fully saturated rings. The standard InChI is InChI=1S/C18H19F3N2O/c1-11-5-4-6-12-7-8-13(9-14(11)12)15(18(19,20)21)23-10-17(2,3)16(24)22-23/h4-9,15H,10H2,1-3H3,(H,22,24)/t15-/m0/s1. The van der Waals surface area contributed by atoms with Gasteiger partial charge in [0.15, 0.2) is 0 Å². The van der Waals surface area contributed by atoms with Gasteiger partial charge in [-0.1, -0.05) is 30.3 Å². The molecule has 1 amide bonds. The number of carbonyl (C=O) groups is 1. The topological polar surface area (TPSA) is 32.3 Å². The van der Waals surface area contributed by atoms with E-state index in [2.05, 4.69) is 5.43 Å². The number of nitrogens with zero attached hydrogens (tertiary/aromatic N) is 1. The van der Waals surface area contributed by atoms with Crippen LogP contribution >= 0.6 is 0 Å². The summed E-state index contributed by atoms with van der Waals surface area (Å²) in [5.74, 6) is -0.395. The van der Waals surface area contributed by atoms with Gasteiger partial charge in [-0.25, -0.2) is 5.01 Å². The molecule has 0 bridgehead atoms. The summed E-state index contributed by atoms with van der Waals surface area (Å²) in [7, 11) is 0. The molecular formula is C18H19F3N2O. The molecule has 1 heterocycles. The fourth-order valence-electron chi connectivity index (χ4n) is 3.14. The molecule has 3 nitrogen and oxygen atoms in total. The maximum Gasteiger partial charge on any atom is 0.409 e. The molecule has 128 valence electrons. The average molecular weight is 336 g/mol. The third-order valence-electron chi connectivity index (χ3n) is 4.49. The van der Waals surface area contributed by atoms with E-state index in [-0.39, 0.29) is 12.1 Å². The zero-order valence-electron chi connectivity index (χ0n) is 13.7. The number of benzene rings is 2. The molecule has 0 radical (unpaired) electrons. The molecule has 6 heteroatoms. The van der Waals surface area contributed by atoms with Gasteiger partial charge in [0.2, 0.25) is 5.91 Å². The molecule has 1 aliphatic rings. The van der Waals surface area contributed by atoms with Crippen LogP contribution in [0.25, 0.3) is 10.8 Å². The summed E-state index contributed by atoms with van der Waals surface area (Å²) >= 11 is 0. The van der Waals surface area contributed by atoms with Crippen LogP contribution in [-0.2, 0) is 4.79 Å². The van der Waals surface area contributed by atoms with E-state index >= 15 is 0 Å². The van der Waals surface area contributed by atoms with Crippen LogP contribution in [-0.4, -0.2) is 23.6 Å². The lowest BCUT2D eigenvalue weighted by atomic mass is 9.93. The Morgan fingerprint density at radius 1 is 1.21 bits per heavy atom. The quantitative estimate of drug-likeness (QED) is 0.894. The number of hydrogen-bond donors (Lipinski definition) is 1. The van der Waals surface area contributed by atoms with E-state index in [9.17, 15) is 18.0 Å². The van der Waals surface area contributed by atoms with Crippen LogP contribution in [0.2, 0.25) is 0 Å².